The Morgan fingerprint density at radius 3 is 2.29 bits per heavy atom. The first-order valence-corrected chi connectivity index (χ1v) is 5.71. The maximum Gasteiger partial charge on any atom is 0.329 e. The van der Waals surface area contributed by atoms with Gasteiger partial charge in [0.1, 0.15) is 5.54 Å². The van der Waals surface area contributed by atoms with Gasteiger partial charge in [-0.1, -0.05) is 6.42 Å². The first-order valence-electron chi connectivity index (χ1n) is 5.71. The third-order valence-corrected chi connectivity index (χ3v) is 2.98. The summed E-state index contributed by atoms with van der Waals surface area (Å²) in [5.74, 6) is -1.41. The summed E-state index contributed by atoms with van der Waals surface area (Å²) in [4.78, 5) is 24.1. The van der Waals surface area contributed by atoms with E-state index in [1.165, 1.54) is 25.8 Å². The number of carboxylic acid groups (broad SMARTS) is 1. The molecule has 1 amide bonds. The molecule has 0 unspecified atom stereocenters. The van der Waals surface area contributed by atoms with E-state index < -0.39 is 17.6 Å². The molecule has 0 bridgehead atoms. The van der Waals surface area contributed by atoms with Gasteiger partial charge in [0, 0.05) is 7.05 Å². The largest absolute Gasteiger partial charge is 0.480 e. The van der Waals surface area contributed by atoms with Gasteiger partial charge in [-0.3, -0.25) is 4.79 Å². The lowest BCUT2D eigenvalue weighted by atomic mass is 10.0. The van der Waals surface area contributed by atoms with Crippen LogP contribution >= 0.6 is 0 Å². The summed E-state index contributed by atoms with van der Waals surface area (Å²) in [5.41, 5.74) is 9.83. The van der Waals surface area contributed by atoms with Gasteiger partial charge in [-0.05, 0) is 33.2 Å². The number of aliphatic carboxylic acids is 1. The van der Waals surface area contributed by atoms with Crippen molar-refractivity contribution in [2.24, 2.45) is 11.5 Å². The number of carbonyl (C=O) groups excluding carboxylic acids is 1. The molecule has 0 aliphatic heterocycles. The number of amides is 1. The van der Waals surface area contributed by atoms with E-state index in [0.29, 0.717) is 13.0 Å². The second-order valence-electron chi connectivity index (χ2n) is 4.65. The number of nitrogens with zero attached hydrogens (tertiary/aromatic N) is 1. The summed E-state index contributed by atoms with van der Waals surface area (Å²) in [6.45, 7) is 3.51. The Morgan fingerprint density at radius 2 is 1.88 bits per heavy atom. The van der Waals surface area contributed by atoms with Gasteiger partial charge in [-0.15, -0.1) is 0 Å². The van der Waals surface area contributed by atoms with Crippen molar-refractivity contribution in [3.8, 4) is 0 Å². The topological polar surface area (TPSA) is 110 Å². The Labute approximate surface area is 102 Å². The van der Waals surface area contributed by atoms with Crippen LogP contribution in [-0.2, 0) is 9.59 Å². The number of hydrogen-bond donors (Lipinski definition) is 3. The van der Waals surface area contributed by atoms with Crippen LogP contribution in [0.25, 0.3) is 0 Å². The molecule has 0 spiro atoms. The van der Waals surface area contributed by atoms with Crippen LogP contribution < -0.4 is 11.5 Å². The number of hydrogen-bond acceptors (Lipinski definition) is 4. The Kier molecular flexibility index (Phi) is 6.12. The van der Waals surface area contributed by atoms with Crippen LogP contribution in [0.15, 0.2) is 0 Å². The lowest BCUT2D eigenvalue weighted by Gasteiger charge is -2.33. The Balaban J connectivity index is 4.44. The molecule has 17 heavy (non-hydrogen) atoms. The maximum atomic E-state index is 11.9. The minimum absolute atomic E-state index is 0.352. The molecule has 0 heterocycles. The van der Waals surface area contributed by atoms with Gasteiger partial charge in [-0.2, -0.15) is 0 Å². The molecule has 0 aliphatic rings. The van der Waals surface area contributed by atoms with E-state index >= 15 is 0 Å². The van der Waals surface area contributed by atoms with Crippen molar-refractivity contribution in [1.29, 1.82) is 0 Å². The Bertz CT molecular complexity index is 279. The van der Waals surface area contributed by atoms with Gasteiger partial charge in [-0.25, -0.2) is 4.79 Å². The van der Waals surface area contributed by atoms with E-state index in [-0.39, 0.29) is 5.91 Å². The fraction of sp³-hybridized carbons (Fsp3) is 0.818. The minimum atomic E-state index is -1.25. The smallest absolute Gasteiger partial charge is 0.329 e. The summed E-state index contributed by atoms with van der Waals surface area (Å²) >= 11 is 0. The van der Waals surface area contributed by atoms with Crippen LogP contribution in [0.5, 0.6) is 0 Å². The number of unbranched alkanes of at least 4 members (excludes halogenated alkanes) is 1. The molecule has 0 aromatic rings. The van der Waals surface area contributed by atoms with E-state index in [1.54, 1.807) is 0 Å². The number of rotatable bonds is 7. The van der Waals surface area contributed by atoms with E-state index in [1.807, 2.05) is 0 Å². The molecule has 6 nitrogen and oxygen atoms in total. The van der Waals surface area contributed by atoms with Crippen molar-refractivity contribution >= 4 is 11.9 Å². The van der Waals surface area contributed by atoms with E-state index in [9.17, 15) is 9.59 Å². The predicted octanol–water partition coefficient (Wildman–Crippen LogP) is -0.236. The Morgan fingerprint density at radius 1 is 1.35 bits per heavy atom. The lowest BCUT2D eigenvalue weighted by molar-refractivity contribution is -0.155. The van der Waals surface area contributed by atoms with Crippen molar-refractivity contribution in [3.05, 3.63) is 0 Å². The summed E-state index contributed by atoms with van der Waals surface area (Å²) in [6, 6.07) is -0.662. The second-order valence-corrected chi connectivity index (χ2v) is 4.65. The third-order valence-electron chi connectivity index (χ3n) is 2.98. The van der Waals surface area contributed by atoms with Gasteiger partial charge in [0.2, 0.25) is 5.91 Å². The van der Waals surface area contributed by atoms with Crippen molar-refractivity contribution in [3.63, 3.8) is 0 Å². The maximum absolute atomic E-state index is 11.9. The van der Waals surface area contributed by atoms with Crippen molar-refractivity contribution < 1.29 is 14.7 Å². The summed E-state index contributed by atoms with van der Waals surface area (Å²) < 4.78 is 0. The number of carbonyl (C=O) groups is 2. The SMILES string of the molecule is CN(C(=O)[C@@H](N)CCCCN)C(C)(C)C(=O)O. The van der Waals surface area contributed by atoms with Crippen LogP contribution in [-0.4, -0.2) is 47.1 Å². The summed E-state index contributed by atoms with van der Waals surface area (Å²) in [5, 5.41) is 9.01. The minimum Gasteiger partial charge on any atom is -0.480 e. The quantitative estimate of drug-likeness (QED) is 0.536. The fourth-order valence-electron chi connectivity index (χ4n) is 1.30. The molecule has 0 fully saturated rings. The van der Waals surface area contributed by atoms with E-state index in [0.717, 1.165) is 12.8 Å². The van der Waals surface area contributed by atoms with E-state index in [4.69, 9.17) is 16.6 Å². The third kappa shape index (κ3) is 4.32. The zero-order chi connectivity index (χ0) is 13.6. The normalized spacial score (nSPS) is 13.2. The molecular formula is C11H23N3O3. The van der Waals surface area contributed by atoms with Crippen molar-refractivity contribution in [1.82, 2.24) is 4.90 Å². The number of nitrogens with two attached hydrogens (primary N) is 2. The van der Waals surface area contributed by atoms with Gasteiger partial charge < -0.3 is 21.5 Å². The highest BCUT2D eigenvalue weighted by Crippen LogP contribution is 2.14. The van der Waals surface area contributed by atoms with E-state index in [2.05, 4.69) is 0 Å². The molecule has 0 aromatic carbocycles. The first-order chi connectivity index (χ1) is 7.75. The number of likely N-dealkylation sites (N-methyl/N-ethyl adjacent to an activating group) is 1. The highest BCUT2D eigenvalue weighted by molar-refractivity contribution is 5.88. The monoisotopic (exact) mass is 245 g/mol. The molecule has 1 atom stereocenters. The summed E-state index contributed by atoms with van der Waals surface area (Å²) in [6.07, 6.45) is 2.10. The predicted molar refractivity (Wildman–Crippen MR) is 65.4 cm³/mol. The van der Waals surface area contributed by atoms with Crippen LogP contribution in [0.1, 0.15) is 33.1 Å². The highest BCUT2D eigenvalue weighted by Gasteiger charge is 2.36. The second kappa shape index (κ2) is 6.56. The molecule has 5 N–H and O–H groups in total. The molecule has 0 aromatic heterocycles. The highest BCUT2D eigenvalue weighted by atomic mass is 16.4. The van der Waals surface area contributed by atoms with Crippen LogP contribution in [0.2, 0.25) is 0 Å². The zero-order valence-electron chi connectivity index (χ0n) is 10.8. The molecule has 6 heteroatoms. The molecular weight excluding hydrogens is 222 g/mol. The fourth-order valence-corrected chi connectivity index (χ4v) is 1.30. The van der Waals surface area contributed by atoms with Crippen LogP contribution in [0, 0.1) is 0 Å². The molecule has 0 saturated heterocycles. The zero-order valence-corrected chi connectivity index (χ0v) is 10.8. The van der Waals surface area contributed by atoms with Gasteiger partial charge in [0.05, 0.1) is 6.04 Å². The van der Waals surface area contributed by atoms with Crippen molar-refractivity contribution in [2.75, 3.05) is 13.6 Å². The average Bonchev–Trinajstić information content (AvgIpc) is 2.26. The molecule has 0 radical (unpaired) electrons. The molecule has 0 rings (SSSR count). The van der Waals surface area contributed by atoms with Gasteiger partial charge in [0.25, 0.3) is 0 Å². The van der Waals surface area contributed by atoms with Gasteiger partial charge >= 0.3 is 5.97 Å². The standard InChI is InChI=1S/C11H23N3O3/c1-11(2,10(16)17)14(3)9(15)8(13)6-4-5-7-12/h8H,4-7,12-13H2,1-3H3,(H,16,17)/t8-/m0/s1. The average molecular weight is 245 g/mol. The number of carboxylic acids is 1. The molecule has 100 valence electrons. The summed E-state index contributed by atoms with van der Waals surface area (Å²) in [7, 11) is 1.46. The molecule has 0 aliphatic carbocycles. The molecule has 0 saturated carbocycles. The van der Waals surface area contributed by atoms with Crippen molar-refractivity contribution in [2.45, 2.75) is 44.7 Å². The van der Waals surface area contributed by atoms with Gasteiger partial charge in [0.15, 0.2) is 0 Å². The first kappa shape index (κ1) is 15.9. The van der Waals surface area contributed by atoms with Crippen LogP contribution in [0.3, 0.4) is 0 Å². The van der Waals surface area contributed by atoms with Crippen LogP contribution in [0.4, 0.5) is 0 Å². The lowest BCUT2D eigenvalue weighted by Crippen LogP contribution is -2.55. The Hall–Kier alpha value is -1.14.